The van der Waals surface area contributed by atoms with Gasteiger partial charge in [-0.1, -0.05) is 12.8 Å². The highest BCUT2D eigenvalue weighted by atomic mass is 16.6. The van der Waals surface area contributed by atoms with E-state index in [1.54, 1.807) is 0 Å². The van der Waals surface area contributed by atoms with Crippen molar-refractivity contribution in [2.24, 2.45) is 5.92 Å². The van der Waals surface area contributed by atoms with E-state index in [2.05, 4.69) is 35.3 Å². The Morgan fingerprint density at radius 1 is 0.516 bits per heavy atom. The fourth-order valence-electron chi connectivity index (χ4n) is 9.69. The summed E-state index contributed by atoms with van der Waals surface area (Å²) < 4.78 is 17.2. The van der Waals surface area contributed by atoms with E-state index < -0.39 is 43.6 Å². The largest absolute Gasteiger partial charge is 0.470 e. The second kappa shape index (κ2) is 23.0. The van der Waals surface area contributed by atoms with Crippen LogP contribution in [-0.2, 0) is 28.6 Å². The van der Waals surface area contributed by atoms with Gasteiger partial charge in [-0.25, -0.2) is 24.1 Å². The topological polar surface area (TPSA) is 173 Å². The fraction of sp³-hybridized carbons (Fsp3) is 0.571. The summed E-state index contributed by atoms with van der Waals surface area (Å²) in [6.45, 7) is 27.5. The van der Waals surface area contributed by atoms with E-state index in [-0.39, 0.29) is 16.8 Å². The number of hydrogen-bond acceptors (Lipinski definition) is 12. The number of nitrogens with zero attached hydrogens (tertiary/aromatic N) is 9. The van der Waals surface area contributed by atoms with Crippen LogP contribution >= 0.6 is 0 Å². The number of ether oxygens (including phenoxy) is 3. The summed E-state index contributed by atoms with van der Waals surface area (Å²) in [6.07, 6.45) is 13.3. The zero-order valence-electron chi connectivity index (χ0n) is 36.6. The van der Waals surface area contributed by atoms with Gasteiger partial charge in [0.05, 0.1) is 37.8 Å². The molecule has 6 aliphatic rings. The lowest BCUT2D eigenvalue weighted by Gasteiger charge is -2.23. The SMILES string of the molecule is [C-]#[N+]C1=C(N2CCCC2)CCCC/C1=C(/[N+]#[C-])C(=O)OCC(COC(=O)/C(C#N)=C1\CCCCC(N2CCCC2)=C1C#N)COC(=O)/C(C#N)=C1\CCCCC(N2CCCC2)=C1[N+]#[C-]. The van der Waals surface area contributed by atoms with E-state index in [1.807, 2.05) is 12.1 Å². The van der Waals surface area contributed by atoms with Crippen LogP contribution in [0.2, 0.25) is 0 Å². The van der Waals surface area contributed by atoms with E-state index in [0.717, 1.165) is 114 Å². The molecule has 0 N–H and O–H groups in total. The smallest absolute Gasteiger partial charge is 0.349 e. The molecule has 3 aliphatic carbocycles. The van der Waals surface area contributed by atoms with Crippen molar-refractivity contribution >= 4 is 17.9 Å². The van der Waals surface area contributed by atoms with Crippen LogP contribution in [-0.4, -0.2) is 91.7 Å². The van der Waals surface area contributed by atoms with Crippen molar-refractivity contribution in [2.75, 3.05) is 59.1 Å². The quantitative estimate of drug-likeness (QED) is 0.0608. The molecule has 0 radical (unpaired) electrons. The molecule has 3 saturated heterocycles. The van der Waals surface area contributed by atoms with Crippen LogP contribution in [0.1, 0.15) is 116 Å². The summed E-state index contributed by atoms with van der Waals surface area (Å²) in [5.74, 6) is -3.98. The van der Waals surface area contributed by atoms with Crippen molar-refractivity contribution in [3.05, 3.63) is 102 Å². The number of carbonyl (C=O) groups is 3. The van der Waals surface area contributed by atoms with Gasteiger partial charge in [-0.3, -0.25) is 4.79 Å². The minimum absolute atomic E-state index is 0.292. The Kier molecular flexibility index (Phi) is 16.8. The molecule has 0 spiro atoms. The Bertz CT molecular complexity index is 2050. The Morgan fingerprint density at radius 2 is 0.891 bits per heavy atom. The minimum atomic E-state index is -1.03. The molecule has 0 bridgehead atoms. The van der Waals surface area contributed by atoms with Crippen molar-refractivity contribution in [1.82, 2.24) is 14.7 Å². The number of hydrogen-bond donors (Lipinski definition) is 0. The summed E-state index contributed by atoms with van der Waals surface area (Å²) in [7, 11) is 0. The van der Waals surface area contributed by atoms with Gasteiger partial charge in [0.1, 0.15) is 42.6 Å². The molecule has 64 heavy (non-hydrogen) atoms. The normalized spacial score (nSPS) is 22.3. The Labute approximate surface area is 376 Å². The maximum absolute atomic E-state index is 13.8. The first kappa shape index (κ1) is 46.7. The van der Waals surface area contributed by atoms with Gasteiger partial charge >= 0.3 is 17.9 Å². The van der Waals surface area contributed by atoms with Crippen LogP contribution in [0.25, 0.3) is 14.5 Å². The van der Waals surface area contributed by atoms with E-state index >= 15 is 0 Å². The summed E-state index contributed by atoms with van der Waals surface area (Å²) in [6, 6.07) is 6.23. The zero-order chi connectivity index (χ0) is 45.4. The van der Waals surface area contributed by atoms with Gasteiger partial charge in [0, 0.05) is 56.4 Å². The van der Waals surface area contributed by atoms with Crippen molar-refractivity contribution in [2.45, 2.75) is 116 Å². The van der Waals surface area contributed by atoms with Crippen LogP contribution in [0, 0.1) is 59.6 Å². The standard InChI is InChI=1S/C49H55N9O6/c1-53-44-36(17-5-8-20-42(44)57-24-12-13-25-57)40(30-52)48(60)63-32-34(31-62-47(59)39(29-51)35-16-4-7-19-41(38(35)28-50)56-22-10-11-23-56)33-64-49(61)46(55-3)37-18-6-9-21-43(45(37)54-2)58-26-14-15-27-58/h34H,4-27,31-33H2/b39-35+,40-36+,46-37-. The van der Waals surface area contributed by atoms with Gasteiger partial charge < -0.3 is 28.9 Å². The van der Waals surface area contributed by atoms with E-state index in [1.165, 1.54) is 0 Å². The molecule has 3 fully saturated rings. The van der Waals surface area contributed by atoms with E-state index in [4.69, 9.17) is 33.9 Å². The monoisotopic (exact) mass is 865 g/mol. The maximum Gasteiger partial charge on any atom is 0.349 e. The van der Waals surface area contributed by atoms with E-state index in [0.29, 0.717) is 91.5 Å². The lowest BCUT2D eigenvalue weighted by Crippen LogP contribution is -2.28. The van der Waals surface area contributed by atoms with Crippen LogP contribution < -0.4 is 0 Å². The predicted octanol–water partition coefficient (Wildman–Crippen LogP) is 8.09. The predicted molar refractivity (Wildman–Crippen MR) is 233 cm³/mol. The third kappa shape index (κ3) is 10.9. The van der Waals surface area contributed by atoms with Gasteiger partial charge in [0.2, 0.25) is 5.70 Å². The third-order valence-electron chi connectivity index (χ3n) is 13.0. The van der Waals surface area contributed by atoms with Gasteiger partial charge in [0.25, 0.3) is 5.70 Å². The first-order chi connectivity index (χ1) is 31.3. The molecule has 3 heterocycles. The molecule has 0 aromatic rings. The highest BCUT2D eigenvalue weighted by Gasteiger charge is 2.32. The van der Waals surface area contributed by atoms with Crippen molar-refractivity contribution in [3.63, 3.8) is 0 Å². The third-order valence-corrected chi connectivity index (χ3v) is 13.0. The number of esters is 3. The Morgan fingerprint density at radius 3 is 1.33 bits per heavy atom. The van der Waals surface area contributed by atoms with E-state index in [9.17, 15) is 30.2 Å². The molecule has 0 aromatic carbocycles. The first-order valence-electron chi connectivity index (χ1n) is 22.8. The zero-order valence-corrected chi connectivity index (χ0v) is 36.6. The number of carbonyl (C=O) groups excluding carboxylic acids is 3. The number of likely N-dealkylation sites (tertiary alicyclic amines) is 3. The van der Waals surface area contributed by atoms with Crippen LogP contribution in [0.3, 0.4) is 0 Å². The molecular formula is C49H55N9O6. The lowest BCUT2D eigenvalue weighted by atomic mass is 9.96. The van der Waals surface area contributed by atoms with Gasteiger partial charge in [-0.15, -0.1) is 0 Å². The molecule has 0 amide bonds. The van der Waals surface area contributed by atoms with Crippen molar-refractivity contribution in [3.8, 4) is 18.2 Å². The fourth-order valence-corrected chi connectivity index (χ4v) is 9.69. The summed E-state index contributed by atoms with van der Waals surface area (Å²) in [5, 5.41) is 31.0. The van der Waals surface area contributed by atoms with Gasteiger partial charge in [-0.2, -0.15) is 15.8 Å². The highest BCUT2D eigenvalue weighted by molar-refractivity contribution is 5.96. The molecule has 15 heteroatoms. The molecule has 1 atom stereocenters. The molecular weight excluding hydrogens is 811 g/mol. The molecule has 0 aromatic heterocycles. The number of nitriles is 3. The molecule has 15 nitrogen and oxygen atoms in total. The molecule has 332 valence electrons. The highest BCUT2D eigenvalue weighted by Crippen LogP contribution is 2.38. The molecule has 0 saturated carbocycles. The van der Waals surface area contributed by atoms with Crippen molar-refractivity contribution in [1.29, 1.82) is 15.8 Å². The maximum atomic E-state index is 13.8. The Hall–Kier alpha value is -6.81. The lowest BCUT2D eigenvalue weighted by molar-refractivity contribution is -0.148. The number of rotatable bonds is 12. The van der Waals surface area contributed by atoms with Crippen LogP contribution in [0.5, 0.6) is 0 Å². The Balaban J connectivity index is 1.28. The summed E-state index contributed by atoms with van der Waals surface area (Å²) >= 11 is 0. The number of allylic oxidation sites excluding steroid dienone is 7. The van der Waals surface area contributed by atoms with Crippen LogP contribution in [0.4, 0.5) is 0 Å². The van der Waals surface area contributed by atoms with Gasteiger partial charge in [-0.05, 0) is 119 Å². The molecule has 1 unspecified atom stereocenters. The molecule has 6 rings (SSSR count). The summed E-state index contributed by atoms with van der Waals surface area (Å²) in [4.78, 5) is 59.2. The molecule has 3 aliphatic heterocycles. The van der Waals surface area contributed by atoms with Crippen molar-refractivity contribution < 1.29 is 28.6 Å². The average molecular weight is 866 g/mol. The second-order valence-corrected chi connectivity index (χ2v) is 17.0. The second-order valence-electron chi connectivity index (χ2n) is 17.0. The first-order valence-corrected chi connectivity index (χ1v) is 22.8. The van der Waals surface area contributed by atoms with Crippen LogP contribution in [0.15, 0.2) is 67.6 Å². The average Bonchev–Trinajstić information content (AvgIpc) is 4.09. The minimum Gasteiger partial charge on any atom is -0.470 e. The summed E-state index contributed by atoms with van der Waals surface area (Å²) in [5.41, 5.74) is 3.45. The van der Waals surface area contributed by atoms with Gasteiger partial charge in [0.15, 0.2) is 5.70 Å².